The predicted octanol–water partition coefficient (Wildman–Crippen LogP) is 1.85. The van der Waals surface area contributed by atoms with Crippen molar-refractivity contribution in [1.82, 2.24) is 25.4 Å². The summed E-state index contributed by atoms with van der Waals surface area (Å²) in [5.74, 6) is 1.49. The largest absolute Gasteiger partial charge is 0.331 e. The van der Waals surface area contributed by atoms with Crippen LogP contribution in [0.2, 0.25) is 0 Å². The third-order valence-corrected chi connectivity index (χ3v) is 4.57. The van der Waals surface area contributed by atoms with Crippen molar-refractivity contribution in [2.45, 2.75) is 44.3 Å². The van der Waals surface area contributed by atoms with E-state index >= 15 is 0 Å². The number of carbonyl (C=O) groups is 1. The molecule has 1 saturated carbocycles. The number of fused-ring (bicyclic) bond motifs is 1. The molecule has 2 aromatic rings. The number of nitrogens with one attached hydrogen (secondary N) is 2. The fourth-order valence-corrected chi connectivity index (χ4v) is 3.16. The summed E-state index contributed by atoms with van der Waals surface area (Å²) >= 11 is 0. The molecule has 0 bridgehead atoms. The number of rotatable bonds is 4. The van der Waals surface area contributed by atoms with Gasteiger partial charge in [0.05, 0.1) is 12.1 Å². The van der Waals surface area contributed by atoms with Gasteiger partial charge in [-0.3, -0.25) is 0 Å². The highest BCUT2D eigenvalue weighted by molar-refractivity contribution is 5.75. The van der Waals surface area contributed by atoms with Gasteiger partial charge >= 0.3 is 6.03 Å². The molecule has 0 radical (unpaired) electrons. The fraction of sp³-hybridized carbons (Fsp3) is 0.438. The molecule has 2 N–H and O–H groups in total. The number of halogens is 1. The molecule has 1 fully saturated rings. The van der Waals surface area contributed by atoms with Gasteiger partial charge in [-0.15, -0.1) is 10.2 Å². The Morgan fingerprint density at radius 2 is 2.22 bits per heavy atom. The molecule has 0 atom stereocenters. The molecule has 2 heterocycles. The Labute approximate surface area is 133 Å². The van der Waals surface area contributed by atoms with E-state index in [9.17, 15) is 9.18 Å². The van der Waals surface area contributed by atoms with Crippen molar-refractivity contribution in [2.24, 2.45) is 0 Å². The van der Waals surface area contributed by atoms with Crippen molar-refractivity contribution >= 4 is 6.03 Å². The molecule has 1 aromatic carbocycles. The minimum Gasteiger partial charge on any atom is -0.331 e. The van der Waals surface area contributed by atoms with Crippen LogP contribution in [0.3, 0.4) is 0 Å². The molecule has 0 saturated heterocycles. The number of amides is 2. The van der Waals surface area contributed by atoms with Crippen LogP contribution in [-0.2, 0) is 25.0 Å². The van der Waals surface area contributed by atoms with Crippen LogP contribution in [0.4, 0.5) is 9.18 Å². The zero-order chi connectivity index (χ0) is 15.9. The Balaban J connectivity index is 1.38. The summed E-state index contributed by atoms with van der Waals surface area (Å²) in [6.45, 7) is 1.26. The molecule has 1 aliphatic carbocycles. The van der Waals surface area contributed by atoms with Crippen LogP contribution in [0.5, 0.6) is 0 Å². The quantitative estimate of drug-likeness (QED) is 0.904. The number of aryl methyl sites for hydroxylation is 1. The highest BCUT2D eigenvalue weighted by Gasteiger charge is 2.45. The second-order valence-electron chi connectivity index (χ2n) is 6.19. The summed E-state index contributed by atoms with van der Waals surface area (Å²) in [5, 5.41) is 14.0. The maximum Gasteiger partial charge on any atom is 0.315 e. The number of nitrogens with zero attached hydrogens (tertiary/aromatic N) is 3. The summed E-state index contributed by atoms with van der Waals surface area (Å²) in [7, 11) is 0. The maximum atomic E-state index is 13.4. The van der Waals surface area contributed by atoms with Crippen LogP contribution in [-0.4, -0.2) is 20.8 Å². The molecule has 1 aromatic heterocycles. The van der Waals surface area contributed by atoms with Crippen LogP contribution >= 0.6 is 0 Å². The topological polar surface area (TPSA) is 71.8 Å². The van der Waals surface area contributed by atoms with Crippen LogP contribution in [0, 0.1) is 5.82 Å². The molecule has 2 amide bonds. The first-order chi connectivity index (χ1) is 11.2. The minimum absolute atomic E-state index is 0.262. The lowest BCUT2D eigenvalue weighted by molar-refractivity contribution is 0.235. The van der Waals surface area contributed by atoms with Crippen LogP contribution in [0.1, 0.15) is 36.5 Å². The van der Waals surface area contributed by atoms with Gasteiger partial charge in [-0.25, -0.2) is 9.18 Å². The van der Waals surface area contributed by atoms with E-state index in [0.29, 0.717) is 6.54 Å². The van der Waals surface area contributed by atoms with Crippen molar-refractivity contribution in [2.75, 3.05) is 0 Å². The number of benzene rings is 1. The monoisotopic (exact) mass is 315 g/mol. The van der Waals surface area contributed by atoms with E-state index in [1.54, 1.807) is 6.07 Å². The summed E-state index contributed by atoms with van der Waals surface area (Å²) in [6, 6.07) is 6.15. The molecule has 0 spiro atoms. The Hall–Kier alpha value is -2.44. The molecule has 1 aliphatic heterocycles. The van der Waals surface area contributed by atoms with E-state index in [0.717, 1.165) is 49.4 Å². The van der Waals surface area contributed by atoms with Crippen molar-refractivity contribution in [3.63, 3.8) is 0 Å². The van der Waals surface area contributed by atoms with E-state index < -0.39 is 5.54 Å². The standard InChI is InChI=1S/C16H18FN5O/c17-12-4-1-3-11(9-12)16(6-7-16)19-15(23)18-10-14-21-20-13-5-2-8-22(13)14/h1,3-4,9H,2,5-8,10H2,(H2,18,19,23). The zero-order valence-corrected chi connectivity index (χ0v) is 12.7. The van der Waals surface area contributed by atoms with Crippen LogP contribution in [0.15, 0.2) is 24.3 Å². The fourth-order valence-electron chi connectivity index (χ4n) is 3.16. The van der Waals surface area contributed by atoms with Gasteiger partial charge in [0.25, 0.3) is 0 Å². The molecule has 0 unspecified atom stereocenters. The lowest BCUT2D eigenvalue weighted by Crippen LogP contribution is -2.42. The normalized spacial score (nSPS) is 17.6. The molecule has 2 aliphatic rings. The molecule has 4 rings (SSSR count). The van der Waals surface area contributed by atoms with Gasteiger partial charge < -0.3 is 15.2 Å². The van der Waals surface area contributed by atoms with Gasteiger partial charge in [-0.05, 0) is 37.0 Å². The summed E-state index contributed by atoms with van der Waals surface area (Å²) in [4.78, 5) is 12.2. The molecule has 7 heteroatoms. The van der Waals surface area contributed by atoms with E-state index in [-0.39, 0.29) is 11.8 Å². The lowest BCUT2D eigenvalue weighted by Gasteiger charge is -2.18. The number of urea groups is 1. The van der Waals surface area contributed by atoms with E-state index in [1.807, 2.05) is 6.07 Å². The minimum atomic E-state index is -0.432. The van der Waals surface area contributed by atoms with Gasteiger partial charge in [0.15, 0.2) is 5.82 Å². The highest BCUT2D eigenvalue weighted by atomic mass is 19.1. The van der Waals surface area contributed by atoms with Crippen LogP contribution in [0.25, 0.3) is 0 Å². The number of aromatic nitrogens is 3. The van der Waals surface area contributed by atoms with Crippen molar-refractivity contribution in [3.05, 3.63) is 47.3 Å². The summed E-state index contributed by atoms with van der Waals surface area (Å²) in [6.07, 6.45) is 3.67. The van der Waals surface area contributed by atoms with E-state index in [4.69, 9.17) is 0 Å². The maximum absolute atomic E-state index is 13.4. The Kier molecular flexibility index (Phi) is 3.28. The van der Waals surface area contributed by atoms with Crippen molar-refractivity contribution < 1.29 is 9.18 Å². The van der Waals surface area contributed by atoms with Gasteiger partial charge in [-0.2, -0.15) is 0 Å². The first kappa shape index (κ1) is 14.2. The average molecular weight is 315 g/mol. The first-order valence-corrected chi connectivity index (χ1v) is 7.89. The molecule has 23 heavy (non-hydrogen) atoms. The van der Waals surface area contributed by atoms with E-state index in [1.165, 1.54) is 12.1 Å². The number of hydrogen-bond donors (Lipinski definition) is 2. The Morgan fingerprint density at radius 3 is 3.00 bits per heavy atom. The third kappa shape index (κ3) is 2.67. The number of carbonyl (C=O) groups excluding carboxylic acids is 1. The predicted molar refractivity (Wildman–Crippen MR) is 81.0 cm³/mol. The van der Waals surface area contributed by atoms with Crippen molar-refractivity contribution in [3.8, 4) is 0 Å². The highest BCUT2D eigenvalue weighted by Crippen LogP contribution is 2.45. The average Bonchev–Trinajstić information content (AvgIpc) is 2.99. The van der Waals surface area contributed by atoms with Gasteiger partial charge in [0, 0.05) is 13.0 Å². The van der Waals surface area contributed by atoms with Gasteiger partial charge in [0.1, 0.15) is 11.6 Å². The third-order valence-electron chi connectivity index (χ3n) is 4.57. The number of hydrogen-bond acceptors (Lipinski definition) is 3. The molecular formula is C16H18FN5O. The Morgan fingerprint density at radius 1 is 1.35 bits per heavy atom. The van der Waals surface area contributed by atoms with Crippen molar-refractivity contribution in [1.29, 1.82) is 0 Å². The molecular weight excluding hydrogens is 297 g/mol. The second-order valence-corrected chi connectivity index (χ2v) is 6.19. The Bertz CT molecular complexity index is 753. The smallest absolute Gasteiger partial charge is 0.315 e. The van der Waals surface area contributed by atoms with E-state index in [2.05, 4.69) is 25.4 Å². The second kappa shape index (κ2) is 5.33. The molecule has 6 nitrogen and oxygen atoms in total. The lowest BCUT2D eigenvalue weighted by atomic mass is 10.1. The summed E-state index contributed by atoms with van der Waals surface area (Å²) < 4.78 is 15.4. The first-order valence-electron chi connectivity index (χ1n) is 7.89. The summed E-state index contributed by atoms with van der Waals surface area (Å²) in [5.41, 5.74) is 0.384. The zero-order valence-electron chi connectivity index (χ0n) is 12.7. The molecule has 120 valence electrons. The SMILES string of the molecule is O=C(NCc1nnc2n1CCC2)NC1(c2cccc(F)c2)CC1. The van der Waals surface area contributed by atoms with Gasteiger partial charge in [0.2, 0.25) is 0 Å². The van der Waals surface area contributed by atoms with Crippen LogP contribution < -0.4 is 10.6 Å². The van der Waals surface area contributed by atoms with Gasteiger partial charge in [-0.1, -0.05) is 12.1 Å².